The predicted octanol–water partition coefficient (Wildman–Crippen LogP) is 2.99. The number of carbonyl (C=O) groups is 4. The summed E-state index contributed by atoms with van der Waals surface area (Å²) >= 11 is 0. The predicted molar refractivity (Wildman–Crippen MR) is 119 cm³/mol. The summed E-state index contributed by atoms with van der Waals surface area (Å²) in [7, 11) is 0. The highest BCUT2D eigenvalue weighted by molar-refractivity contribution is 6.31. The van der Waals surface area contributed by atoms with Crippen molar-refractivity contribution in [2.45, 2.75) is 6.92 Å². The van der Waals surface area contributed by atoms with E-state index in [2.05, 4.69) is 5.43 Å². The maximum absolute atomic E-state index is 12.8. The normalized spacial score (nSPS) is 14.4. The Balaban J connectivity index is 1.56. The molecule has 2 amide bonds. The zero-order chi connectivity index (χ0) is 24.4. The topological polar surface area (TPSA) is 146 Å². The molecule has 1 aliphatic rings. The molecular weight excluding hydrogens is 444 g/mol. The van der Waals surface area contributed by atoms with E-state index in [0.29, 0.717) is 16.8 Å². The second-order valence-corrected chi connectivity index (χ2v) is 7.15. The Morgan fingerprint density at radius 3 is 2.50 bits per heavy atom. The minimum absolute atomic E-state index is 0.174. The Morgan fingerprint density at radius 1 is 1.09 bits per heavy atom. The molecule has 10 heteroatoms. The standard InChI is InChI=1S/C24H18N2O8/c1-2-33-24(32)13-3-6-15(7-4-13)26-22(29)18(21(28)25-26)12-16-8-10-20(34-16)14-5-9-19(27)17(11-14)23(30)31/h3-12,27H,2H2,1H3,(H,25,28)(H,30,31)/b18-12-. The van der Waals surface area contributed by atoms with Gasteiger partial charge in [0.15, 0.2) is 0 Å². The van der Waals surface area contributed by atoms with Gasteiger partial charge < -0.3 is 19.4 Å². The van der Waals surface area contributed by atoms with E-state index in [0.717, 1.165) is 5.01 Å². The molecule has 1 aromatic heterocycles. The summed E-state index contributed by atoms with van der Waals surface area (Å²) in [5, 5.41) is 19.9. The van der Waals surface area contributed by atoms with E-state index >= 15 is 0 Å². The molecule has 3 N–H and O–H groups in total. The maximum atomic E-state index is 12.8. The largest absolute Gasteiger partial charge is 0.507 e. The van der Waals surface area contributed by atoms with E-state index in [4.69, 9.17) is 14.3 Å². The molecule has 0 unspecified atom stereocenters. The van der Waals surface area contributed by atoms with Crippen LogP contribution in [0.5, 0.6) is 5.75 Å². The highest BCUT2D eigenvalue weighted by atomic mass is 16.5. The molecule has 2 aromatic carbocycles. The average Bonchev–Trinajstić information content (AvgIpc) is 3.40. The zero-order valence-electron chi connectivity index (χ0n) is 17.8. The van der Waals surface area contributed by atoms with Crippen molar-refractivity contribution in [2.75, 3.05) is 11.6 Å². The number of carboxylic acids is 1. The Labute approximate surface area is 192 Å². The molecule has 0 radical (unpaired) electrons. The number of hydrogen-bond acceptors (Lipinski definition) is 7. The lowest BCUT2D eigenvalue weighted by atomic mass is 10.1. The minimum Gasteiger partial charge on any atom is -0.507 e. The number of ether oxygens (including phenoxy) is 1. The Hall–Kier alpha value is -4.86. The Bertz CT molecular complexity index is 1340. The summed E-state index contributed by atoms with van der Waals surface area (Å²) in [6.07, 6.45) is 1.27. The van der Waals surface area contributed by atoms with Crippen LogP contribution < -0.4 is 10.4 Å². The lowest BCUT2D eigenvalue weighted by Crippen LogP contribution is -2.35. The lowest BCUT2D eigenvalue weighted by Gasteiger charge is -2.14. The van der Waals surface area contributed by atoms with Gasteiger partial charge in [-0.15, -0.1) is 0 Å². The van der Waals surface area contributed by atoms with Crippen molar-refractivity contribution in [3.63, 3.8) is 0 Å². The van der Waals surface area contributed by atoms with Gasteiger partial charge in [0.1, 0.15) is 28.4 Å². The number of carboxylic acid groups (broad SMARTS) is 1. The van der Waals surface area contributed by atoms with E-state index < -0.39 is 23.8 Å². The molecule has 0 atom stereocenters. The van der Waals surface area contributed by atoms with Crippen molar-refractivity contribution in [3.8, 4) is 17.1 Å². The van der Waals surface area contributed by atoms with E-state index in [1.54, 1.807) is 13.0 Å². The van der Waals surface area contributed by atoms with Crippen LogP contribution in [0.25, 0.3) is 17.4 Å². The first-order valence-electron chi connectivity index (χ1n) is 10.1. The van der Waals surface area contributed by atoms with Crippen LogP contribution in [0.4, 0.5) is 5.69 Å². The molecule has 2 heterocycles. The number of amides is 2. The van der Waals surface area contributed by atoms with Crippen molar-refractivity contribution in [2.24, 2.45) is 0 Å². The van der Waals surface area contributed by atoms with Gasteiger partial charge in [0.05, 0.1) is 17.9 Å². The van der Waals surface area contributed by atoms with Gasteiger partial charge in [0.25, 0.3) is 11.8 Å². The third-order valence-corrected chi connectivity index (χ3v) is 4.95. The molecule has 3 aromatic rings. The summed E-state index contributed by atoms with van der Waals surface area (Å²) in [5.74, 6) is -2.96. The molecule has 10 nitrogen and oxygen atoms in total. The lowest BCUT2D eigenvalue weighted by molar-refractivity contribution is -0.117. The number of furan rings is 1. The van der Waals surface area contributed by atoms with Gasteiger partial charge in [0.2, 0.25) is 0 Å². The second kappa shape index (κ2) is 8.94. The number of hydrogen-bond donors (Lipinski definition) is 3. The minimum atomic E-state index is -1.29. The number of aromatic carboxylic acids is 1. The summed E-state index contributed by atoms with van der Waals surface area (Å²) < 4.78 is 10.6. The van der Waals surface area contributed by atoms with Crippen molar-refractivity contribution >= 4 is 35.5 Å². The van der Waals surface area contributed by atoms with Crippen molar-refractivity contribution < 1.29 is 38.5 Å². The molecular formula is C24H18N2O8. The monoisotopic (exact) mass is 462 g/mol. The summed E-state index contributed by atoms with van der Waals surface area (Å²) in [6, 6.07) is 13.0. The van der Waals surface area contributed by atoms with E-state index in [1.165, 1.54) is 54.6 Å². The van der Waals surface area contributed by atoms with Crippen LogP contribution in [0.3, 0.4) is 0 Å². The van der Waals surface area contributed by atoms with Gasteiger partial charge >= 0.3 is 11.9 Å². The van der Waals surface area contributed by atoms with Gasteiger partial charge in [-0.3, -0.25) is 15.0 Å². The van der Waals surface area contributed by atoms with Crippen molar-refractivity contribution in [1.82, 2.24) is 5.43 Å². The van der Waals surface area contributed by atoms with Gasteiger partial charge in [-0.05, 0) is 67.6 Å². The maximum Gasteiger partial charge on any atom is 0.339 e. The van der Waals surface area contributed by atoms with Gasteiger partial charge in [-0.25, -0.2) is 14.6 Å². The Morgan fingerprint density at radius 2 is 1.82 bits per heavy atom. The van der Waals surface area contributed by atoms with Crippen LogP contribution >= 0.6 is 0 Å². The van der Waals surface area contributed by atoms with Crippen molar-refractivity contribution in [1.29, 1.82) is 0 Å². The molecule has 34 heavy (non-hydrogen) atoms. The van der Waals surface area contributed by atoms with E-state index in [1.807, 2.05) is 0 Å². The number of aromatic hydroxyl groups is 1. The molecule has 172 valence electrons. The third-order valence-electron chi connectivity index (χ3n) is 4.95. The van der Waals surface area contributed by atoms with E-state index in [-0.39, 0.29) is 35.0 Å². The number of phenols is 1. The Kier molecular flexibility index (Phi) is 5.88. The molecule has 4 rings (SSSR count). The number of nitrogens with zero attached hydrogens (tertiary/aromatic N) is 1. The average molecular weight is 462 g/mol. The first-order chi connectivity index (χ1) is 16.3. The summed E-state index contributed by atoms with van der Waals surface area (Å²) in [6.45, 7) is 1.93. The highest BCUT2D eigenvalue weighted by Crippen LogP contribution is 2.29. The molecule has 0 bridgehead atoms. The molecule has 1 fully saturated rings. The first kappa shape index (κ1) is 22.3. The molecule has 1 aliphatic heterocycles. The number of hydrazine groups is 1. The molecule has 0 aliphatic carbocycles. The summed E-state index contributed by atoms with van der Waals surface area (Å²) in [5.41, 5.74) is 3.04. The van der Waals surface area contributed by atoms with Gasteiger partial charge in [0, 0.05) is 5.56 Å². The first-order valence-corrected chi connectivity index (χ1v) is 10.1. The van der Waals surface area contributed by atoms with Gasteiger partial charge in [-0.2, -0.15) is 0 Å². The molecule has 1 saturated heterocycles. The smallest absolute Gasteiger partial charge is 0.339 e. The molecule has 0 spiro atoms. The fraction of sp³-hybridized carbons (Fsp3) is 0.0833. The number of anilines is 1. The number of nitrogens with one attached hydrogen (secondary N) is 1. The fourth-order valence-electron chi connectivity index (χ4n) is 3.29. The van der Waals surface area contributed by atoms with Crippen LogP contribution in [0.2, 0.25) is 0 Å². The second-order valence-electron chi connectivity index (χ2n) is 7.15. The third kappa shape index (κ3) is 4.24. The fourth-order valence-corrected chi connectivity index (χ4v) is 3.29. The summed E-state index contributed by atoms with van der Waals surface area (Å²) in [4.78, 5) is 48.3. The number of benzene rings is 2. The van der Waals surface area contributed by atoms with Crippen LogP contribution in [-0.2, 0) is 14.3 Å². The van der Waals surface area contributed by atoms with Crippen molar-refractivity contribution in [3.05, 3.63) is 77.1 Å². The molecule has 0 saturated carbocycles. The number of carbonyl (C=O) groups excluding carboxylic acids is 3. The zero-order valence-corrected chi connectivity index (χ0v) is 17.8. The number of rotatable bonds is 6. The van der Waals surface area contributed by atoms with Crippen LogP contribution in [-0.4, -0.2) is 40.6 Å². The quantitative estimate of drug-likeness (QED) is 0.288. The van der Waals surface area contributed by atoms with Gasteiger partial charge in [-0.1, -0.05) is 0 Å². The van der Waals surface area contributed by atoms with Crippen LogP contribution in [0.1, 0.15) is 33.4 Å². The SMILES string of the molecule is CCOC(=O)c1ccc(N2NC(=O)/C(=C/c3ccc(-c4ccc(O)c(C(=O)O)c4)o3)C2=O)cc1. The van der Waals surface area contributed by atoms with E-state index in [9.17, 15) is 24.3 Å². The van der Waals surface area contributed by atoms with Crippen LogP contribution in [0.15, 0.2) is 64.6 Å². The van der Waals surface area contributed by atoms with Crippen LogP contribution in [0, 0.1) is 0 Å². The number of esters is 1. The highest BCUT2D eigenvalue weighted by Gasteiger charge is 2.35.